The standard InChI is InChI=1S/C19H16N2O3S/c1-14-7-8-17-20-15(11-18(22)21(17)12-14)13-24-19(23)9-10-25-16-5-3-2-4-6-16/h2-12H,13H2,1H3/b10-9+. The third-order valence-corrected chi connectivity index (χ3v) is 4.19. The topological polar surface area (TPSA) is 60.7 Å². The second-order valence-corrected chi connectivity index (χ2v) is 6.34. The number of aryl methyl sites for hydroxylation is 1. The van der Waals surface area contributed by atoms with Gasteiger partial charge in [0.25, 0.3) is 5.56 Å². The van der Waals surface area contributed by atoms with Crippen LogP contribution in [-0.2, 0) is 16.1 Å². The summed E-state index contributed by atoms with van der Waals surface area (Å²) in [6, 6.07) is 14.7. The Balaban J connectivity index is 1.61. The fourth-order valence-corrected chi connectivity index (χ4v) is 2.84. The van der Waals surface area contributed by atoms with Gasteiger partial charge in [-0.25, -0.2) is 9.78 Å². The molecule has 0 atom stereocenters. The smallest absolute Gasteiger partial charge is 0.331 e. The van der Waals surface area contributed by atoms with Crippen molar-refractivity contribution in [2.75, 3.05) is 0 Å². The monoisotopic (exact) mass is 352 g/mol. The van der Waals surface area contributed by atoms with Gasteiger partial charge in [0, 0.05) is 23.2 Å². The summed E-state index contributed by atoms with van der Waals surface area (Å²) in [6.07, 6.45) is 3.08. The van der Waals surface area contributed by atoms with E-state index >= 15 is 0 Å². The van der Waals surface area contributed by atoms with Crippen LogP contribution in [-0.4, -0.2) is 15.4 Å². The van der Waals surface area contributed by atoms with Crippen molar-refractivity contribution in [3.63, 3.8) is 0 Å². The first-order chi connectivity index (χ1) is 12.1. The molecular formula is C19H16N2O3S. The van der Waals surface area contributed by atoms with E-state index in [1.54, 1.807) is 17.7 Å². The molecule has 1 aromatic carbocycles. The van der Waals surface area contributed by atoms with E-state index in [0.717, 1.165) is 10.5 Å². The minimum atomic E-state index is -0.477. The van der Waals surface area contributed by atoms with Gasteiger partial charge in [0.15, 0.2) is 0 Å². The molecule has 0 aliphatic rings. The zero-order valence-corrected chi connectivity index (χ0v) is 14.4. The van der Waals surface area contributed by atoms with Crippen molar-refractivity contribution in [1.82, 2.24) is 9.38 Å². The van der Waals surface area contributed by atoms with Gasteiger partial charge in [-0.15, -0.1) is 0 Å². The summed E-state index contributed by atoms with van der Waals surface area (Å²) in [6.45, 7) is 1.86. The second kappa shape index (κ2) is 7.81. The third kappa shape index (κ3) is 4.58. The Kier molecular flexibility index (Phi) is 5.30. The molecule has 3 rings (SSSR count). The average Bonchev–Trinajstić information content (AvgIpc) is 2.61. The predicted molar refractivity (Wildman–Crippen MR) is 97.4 cm³/mol. The van der Waals surface area contributed by atoms with Gasteiger partial charge in [0.05, 0.1) is 5.69 Å². The number of rotatable bonds is 5. The van der Waals surface area contributed by atoms with Crippen molar-refractivity contribution >= 4 is 23.4 Å². The normalized spacial score (nSPS) is 11.1. The average molecular weight is 352 g/mol. The Morgan fingerprint density at radius 1 is 1.24 bits per heavy atom. The number of carbonyl (C=O) groups excluding carboxylic acids is 1. The van der Waals surface area contributed by atoms with E-state index in [-0.39, 0.29) is 12.2 Å². The van der Waals surface area contributed by atoms with E-state index in [4.69, 9.17) is 4.74 Å². The number of hydrogen-bond donors (Lipinski definition) is 0. The highest BCUT2D eigenvalue weighted by atomic mass is 32.2. The Bertz CT molecular complexity index is 981. The SMILES string of the molecule is Cc1ccc2nc(COC(=O)/C=C/Sc3ccccc3)cc(=O)n2c1. The fraction of sp³-hybridized carbons (Fsp3) is 0.105. The molecule has 0 aliphatic carbocycles. The number of carbonyl (C=O) groups is 1. The first-order valence-corrected chi connectivity index (χ1v) is 8.54. The van der Waals surface area contributed by atoms with E-state index in [9.17, 15) is 9.59 Å². The molecule has 6 heteroatoms. The van der Waals surface area contributed by atoms with Crippen LogP contribution in [0.2, 0.25) is 0 Å². The Hall–Kier alpha value is -2.86. The minimum Gasteiger partial charge on any atom is -0.456 e. The summed E-state index contributed by atoms with van der Waals surface area (Å²) >= 11 is 1.43. The number of fused-ring (bicyclic) bond motifs is 1. The van der Waals surface area contributed by atoms with E-state index in [1.807, 2.05) is 43.3 Å². The van der Waals surface area contributed by atoms with Gasteiger partial charge in [0.2, 0.25) is 0 Å². The fourth-order valence-electron chi connectivity index (χ4n) is 2.19. The summed E-state index contributed by atoms with van der Waals surface area (Å²) < 4.78 is 6.61. The van der Waals surface area contributed by atoms with Crippen molar-refractivity contribution in [3.05, 3.63) is 87.8 Å². The van der Waals surface area contributed by atoms with E-state index in [2.05, 4.69) is 4.98 Å². The summed E-state index contributed by atoms with van der Waals surface area (Å²) in [7, 11) is 0. The van der Waals surface area contributed by atoms with Gasteiger partial charge < -0.3 is 4.74 Å². The summed E-state index contributed by atoms with van der Waals surface area (Å²) in [5.41, 5.74) is 1.72. The molecule has 0 spiro atoms. The maximum Gasteiger partial charge on any atom is 0.331 e. The number of hydrogen-bond acceptors (Lipinski definition) is 5. The number of pyridine rings is 1. The molecule has 0 unspecified atom stereocenters. The lowest BCUT2D eigenvalue weighted by molar-refractivity contribution is -0.139. The van der Waals surface area contributed by atoms with Crippen LogP contribution in [0.15, 0.2) is 75.9 Å². The quantitative estimate of drug-likeness (QED) is 0.400. The van der Waals surface area contributed by atoms with Gasteiger partial charge in [0.1, 0.15) is 12.3 Å². The largest absolute Gasteiger partial charge is 0.456 e. The number of benzene rings is 1. The first kappa shape index (κ1) is 17.0. The van der Waals surface area contributed by atoms with Crippen molar-refractivity contribution in [1.29, 1.82) is 0 Å². The van der Waals surface area contributed by atoms with E-state index in [0.29, 0.717) is 11.3 Å². The van der Waals surface area contributed by atoms with Gasteiger partial charge >= 0.3 is 5.97 Å². The highest BCUT2D eigenvalue weighted by Crippen LogP contribution is 2.17. The van der Waals surface area contributed by atoms with Gasteiger partial charge in [-0.1, -0.05) is 36.0 Å². The lowest BCUT2D eigenvalue weighted by Crippen LogP contribution is -2.16. The summed E-state index contributed by atoms with van der Waals surface area (Å²) in [5.74, 6) is -0.477. The summed E-state index contributed by atoms with van der Waals surface area (Å²) in [5, 5.41) is 1.67. The molecule has 25 heavy (non-hydrogen) atoms. The molecule has 0 bridgehead atoms. The molecule has 0 saturated heterocycles. The molecule has 2 heterocycles. The van der Waals surface area contributed by atoms with Crippen molar-refractivity contribution in [2.45, 2.75) is 18.4 Å². The van der Waals surface area contributed by atoms with Gasteiger partial charge in [-0.2, -0.15) is 0 Å². The number of aromatic nitrogens is 2. The molecule has 0 saturated carbocycles. The maximum atomic E-state index is 12.1. The lowest BCUT2D eigenvalue weighted by Gasteiger charge is -2.05. The predicted octanol–water partition coefficient (Wildman–Crippen LogP) is 3.35. The second-order valence-electron chi connectivity index (χ2n) is 5.36. The number of ether oxygens (including phenoxy) is 1. The molecule has 0 radical (unpaired) electrons. The molecule has 0 N–H and O–H groups in total. The molecule has 3 aromatic rings. The van der Waals surface area contributed by atoms with Crippen molar-refractivity contribution < 1.29 is 9.53 Å². The van der Waals surface area contributed by atoms with Crippen LogP contribution in [0.5, 0.6) is 0 Å². The summed E-state index contributed by atoms with van der Waals surface area (Å²) in [4.78, 5) is 29.2. The molecule has 5 nitrogen and oxygen atoms in total. The Labute approximate surface area is 149 Å². The van der Waals surface area contributed by atoms with Crippen LogP contribution in [0.3, 0.4) is 0 Å². The van der Waals surface area contributed by atoms with E-state index in [1.165, 1.54) is 28.3 Å². The molecular weight excluding hydrogens is 336 g/mol. The van der Waals surface area contributed by atoms with Gasteiger partial charge in [-0.05, 0) is 36.1 Å². The molecule has 0 amide bonds. The Morgan fingerprint density at radius 2 is 2.04 bits per heavy atom. The van der Waals surface area contributed by atoms with Crippen LogP contribution in [0.1, 0.15) is 11.3 Å². The highest BCUT2D eigenvalue weighted by Gasteiger charge is 2.05. The number of thioether (sulfide) groups is 1. The zero-order valence-electron chi connectivity index (χ0n) is 13.6. The maximum absolute atomic E-state index is 12.1. The van der Waals surface area contributed by atoms with Crippen LogP contribution in [0.25, 0.3) is 5.65 Å². The molecule has 0 fully saturated rings. The van der Waals surface area contributed by atoms with Crippen molar-refractivity contribution in [3.8, 4) is 0 Å². The van der Waals surface area contributed by atoms with Gasteiger partial charge in [-0.3, -0.25) is 9.20 Å². The third-order valence-electron chi connectivity index (χ3n) is 3.37. The molecule has 2 aromatic heterocycles. The lowest BCUT2D eigenvalue weighted by atomic mass is 10.3. The number of esters is 1. The van der Waals surface area contributed by atoms with Crippen LogP contribution >= 0.6 is 11.8 Å². The minimum absolute atomic E-state index is 0.0429. The first-order valence-electron chi connectivity index (χ1n) is 7.66. The van der Waals surface area contributed by atoms with Crippen LogP contribution in [0, 0.1) is 6.92 Å². The zero-order chi connectivity index (χ0) is 17.6. The molecule has 126 valence electrons. The van der Waals surface area contributed by atoms with Crippen molar-refractivity contribution in [2.24, 2.45) is 0 Å². The van der Waals surface area contributed by atoms with E-state index < -0.39 is 5.97 Å². The molecule has 0 aliphatic heterocycles. The van der Waals surface area contributed by atoms with Crippen LogP contribution in [0.4, 0.5) is 0 Å². The Morgan fingerprint density at radius 3 is 2.84 bits per heavy atom. The number of nitrogens with zero attached hydrogens (tertiary/aromatic N) is 2. The highest BCUT2D eigenvalue weighted by molar-refractivity contribution is 8.02. The van der Waals surface area contributed by atoms with Crippen LogP contribution < -0.4 is 5.56 Å².